The number of hydrogen-bond donors (Lipinski definition) is 0. The molecule has 42 heavy (non-hydrogen) atoms. The molecule has 6 heteroatoms. The molecule has 218 valence electrons. The van der Waals surface area contributed by atoms with E-state index >= 15 is 0 Å². The standard InChI is InChI=1S/C36H41FN2O2Si/c1-23(2)42(24(3)4,25(5)6)41-35-33-32(22-39(7)36(33)40)30(18-15-26-11-9-8-10-12-26)31-20-28(21-38-34(31)35)19-27-13-16-29(37)17-14-27/h8-18,20-21,23-25H,19,22H2,1-7H3/b18-15+. The SMILES string of the molecule is CC(C)[Si](Oc1c2c(c(/C=C/c3ccccc3)c3cc(Cc4ccc(F)cc4)cnc13)CN(C)C2=O)(C(C)C)C(C)C. The molecule has 0 atom stereocenters. The Balaban J connectivity index is 1.78. The van der Waals surface area contributed by atoms with Crippen LogP contribution >= 0.6 is 0 Å². The normalized spacial score (nSPS) is 13.8. The fourth-order valence-corrected chi connectivity index (χ4v) is 12.1. The molecule has 0 radical (unpaired) electrons. The Hall–Kier alpha value is -3.77. The van der Waals surface area contributed by atoms with Crippen molar-refractivity contribution in [2.75, 3.05) is 7.05 Å². The Labute approximate surface area is 250 Å². The van der Waals surface area contributed by atoms with E-state index < -0.39 is 8.32 Å². The number of amides is 1. The van der Waals surface area contributed by atoms with Gasteiger partial charge in [0.15, 0.2) is 0 Å². The van der Waals surface area contributed by atoms with Crippen molar-refractivity contribution in [3.8, 4) is 5.75 Å². The number of pyridine rings is 1. The zero-order valence-corrected chi connectivity index (χ0v) is 26.7. The van der Waals surface area contributed by atoms with E-state index in [1.54, 1.807) is 4.90 Å². The molecule has 3 aromatic carbocycles. The third kappa shape index (κ3) is 5.40. The summed E-state index contributed by atoms with van der Waals surface area (Å²) in [7, 11) is -0.559. The lowest BCUT2D eigenvalue weighted by atomic mass is 9.94. The van der Waals surface area contributed by atoms with Crippen LogP contribution in [-0.4, -0.2) is 31.2 Å². The Morgan fingerprint density at radius 2 is 1.57 bits per heavy atom. The molecule has 0 unspecified atom stereocenters. The van der Waals surface area contributed by atoms with E-state index in [0.717, 1.165) is 38.7 Å². The maximum Gasteiger partial charge on any atom is 0.258 e. The molecule has 0 bridgehead atoms. The van der Waals surface area contributed by atoms with Crippen LogP contribution in [0.4, 0.5) is 4.39 Å². The van der Waals surface area contributed by atoms with Gasteiger partial charge in [0.2, 0.25) is 0 Å². The predicted octanol–water partition coefficient (Wildman–Crippen LogP) is 9.28. The number of aromatic nitrogens is 1. The van der Waals surface area contributed by atoms with Crippen LogP contribution in [0.15, 0.2) is 66.9 Å². The molecule has 1 aliphatic rings. The topological polar surface area (TPSA) is 42.4 Å². The third-order valence-electron chi connectivity index (χ3n) is 8.81. The summed E-state index contributed by atoms with van der Waals surface area (Å²) >= 11 is 0. The number of hydrogen-bond acceptors (Lipinski definition) is 3. The number of carbonyl (C=O) groups is 1. The molecule has 2 heterocycles. The van der Waals surface area contributed by atoms with E-state index in [1.807, 2.05) is 43.6 Å². The smallest absolute Gasteiger partial charge is 0.258 e. The molecule has 0 fully saturated rings. The van der Waals surface area contributed by atoms with E-state index in [4.69, 9.17) is 9.41 Å². The van der Waals surface area contributed by atoms with Crippen LogP contribution in [-0.2, 0) is 13.0 Å². The van der Waals surface area contributed by atoms with Crippen LogP contribution < -0.4 is 4.43 Å². The van der Waals surface area contributed by atoms with Crippen LogP contribution in [0.25, 0.3) is 23.1 Å². The molecule has 0 saturated carbocycles. The minimum Gasteiger partial charge on any atom is -0.541 e. The largest absolute Gasteiger partial charge is 0.541 e. The van der Waals surface area contributed by atoms with Gasteiger partial charge in [0.1, 0.15) is 17.1 Å². The van der Waals surface area contributed by atoms with Crippen molar-refractivity contribution in [2.45, 2.75) is 71.1 Å². The first-order valence-electron chi connectivity index (χ1n) is 14.9. The first kappa shape index (κ1) is 29.7. The zero-order valence-electron chi connectivity index (χ0n) is 25.7. The van der Waals surface area contributed by atoms with Crippen molar-refractivity contribution in [1.29, 1.82) is 0 Å². The highest BCUT2D eigenvalue weighted by atomic mass is 28.4. The van der Waals surface area contributed by atoms with Gasteiger partial charge in [0.05, 0.1) is 5.56 Å². The quantitative estimate of drug-likeness (QED) is 0.146. The summed E-state index contributed by atoms with van der Waals surface area (Å²) in [5.74, 6) is 0.373. The van der Waals surface area contributed by atoms with Crippen LogP contribution in [0.2, 0.25) is 16.6 Å². The van der Waals surface area contributed by atoms with Gasteiger partial charge < -0.3 is 9.33 Å². The summed E-state index contributed by atoms with van der Waals surface area (Å²) in [4.78, 5) is 20.6. The molecule has 4 nitrogen and oxygen atoms in total. The average Bonchev–Trinajstić information content (AvgIpc) is 3.25. The van der Waals surface area contributed by atoms with Gasteiger partial charge in [-0.05, 0) is 69.1 Å². The molecule has 1 amide bonds. The molecule has 1 aromatic heterocycles. The highest BCUT2D eigenvalue weighted by Crippen LogP contribution is 2.48. The maximum atomic E-state index is 13.8. The van der Waals surface area contributed by atoms with E-state index in [-0.39, 0.29) is 11.7 Å². The number of nitrogens with zero attached hydrogens (tertiary/aromatic N) is 2. The Kier molecular flexibility index (Phi) is 8.38. The van der Waals surface area contributed by atoms with Gasteiger partial charge in [-0.25, -0.2) is 4.39 Å². The molecule has 0 aliphatic carbocycles. The monoisotopic (exact) mass is 580 g/mol. The number of carbonyl (C=O) groups excluding carboxylic acids is 1. The predicted molar refractivity (Wildman–Crippen MR) is 174 cm³/mol. The van der Waals surface area contributed by atoms with Crippen LogP contribution in [0.5, 0.6) is 5.75 Å². The molecule has 1 aliphatic heterocycles. The first-order valence-corrected chi connectivity index (χ1v) is 17.1. The fourth-order valence-electron chi connectivity index (χ4n) is 6.84. The highest BCUT2D eigenvalue weighted by molar-refractivity contribution is 6.78. The maximum absolute atomic E-state index is 13.8. The zero-order chi connectivity index (χ0) is 30.2. The molecule has 0 saturated heterocycles. The lowest BCUT2D eigenvalue weighted by molar-refractivity contribution is 0.0815. The summed E-state index contributed by atoms with van der Waals surface area (Å²) in [5, 5.41) is 0.970. The second kappa shape index (κ2) is 11.8. The van der Waals surface area contributed by atoms with Crippen molar-refractivity contribution in [2.24, 2.45) is 0 Å². The Morgan fingerprint density at radius 3 is 2.19 bits per heavy atom. The molecular weight excluding hydrogens is 539 g/mol. The van der Waals surface area contributed by atoms with Crippen molar-refractivity contribution in [3.05, 3.63) is 106 Å². The molecule has 0 N–H and O–H groups in total. The molecule has 5 rings (SSSR count). The van der Waals surface area contributed by atoms with Gasteiger partial charge >= 0.3 is 0 Å². The minimum absolute atomic E-state index is 0.0207. The van der Waals surface area contributed by atoms with Gasteiger partial charge in [-0.2, -0.15) is 0 Å². The van der Waals surface area contributed by atoms with Crippen molar-refractivity contribution in [3.63, 3.8) is 0 Å². The van der Waals surface area contributed by atoms with E-state index in [2.05, 4.69) is 71.9 Å². The number of rotatable bonds is 9. The second-order valence-corrected chi connectivity index (χ2v) is 17.8. The number of benzene rings is 3. The van der Waals surface area contributed by atoms with E-state index in [0.29, 0.717) is 40.9 Å². The third-order valence-corrected chi connectivity index (χ3v) is 14.8. The Morgan fingerprint density at radius 1 is 0.929 bits per heavy atom. The van der Waals surface area contributed by atoms with Gasteiger partial charge in [-0.15, -0.1) is 0 Å². The minimum atomic E-state index is -2.41. The lowest BCUT2D eigenvalue weighted by Crippen LogP contribution is -2.51. The second-order valence-electron chi connectivity index (χ2n) is 12.5. The van der Waals surface area contributed by atoms with Crippen LogP contribution in [0, 0.1) is 5.82 Å². The van der Waals surface area contributed by atoms with Crippen molar-refractivity contribution < 1.29 is 13.6 Å². The summed E-state index contributed by atoms with van der Waals surface area (Å²) in [6.45, 7) is 14.1. The van der Waals surface area contributed by atoms with Crippen LogP contribution in [0.1, 0.15) is 79.7 Å². The van der Waals surface area contributed by atoms with E-state index in [9.17, 15) is 9.18 Å². The van der Waals surface area contributed by atoms with Gasteiger partial charge in [-0.3, -0.25) is 9.78 Å². The molecule has 0 spiro atoms. The average molecular weight is 581 g/mol. The van der Waals surface area contributed by atoms with Crippen molar-refractivity contribution >= 4 is 37.3 Å². The summed E-state index contributed by atoms with van der Waals surface area (Å²) in [5.41, 5.74) is 7.49. The van der Waals surface area contributed by atoms with Crippen molar-refractivity contribution in [1.82, 2.24) is 9.88 Å². The van der Waals surface area contributed by atoms with Gasteiger partial charge in [-0.1, -0.05) is 96.2 Å². The van der Waals surface area contributed by atoms with E-state index in [1.165, 1.54) is 12.1 Å². The Bertz CT molecular complexity index is 1610. The highest BCUT2D eigenvalue weighted by Gasteiger charge is 2.48. The first-order chi connectivity index (χ1) is 20.0. The van der Waals surface area contributed by atoms with Gasteiger partial charge in [0, 0.05) is 25.2 Å². The lowest BCUT2D eigenvalue weighted by Gasteiger charge is -2.42. The molecular formula is C36H41FN2O2Si. The summed E-state index contributed by atoms with van der Waals surface area (Å²) in [6.07, 6.45) is 6.72. The summed E-state index contributed by atoms with van der Waals surface area (Å²) < 4.78 is 20.9. The summed E-state index contributed by atoms with van der Waals surface area (Å²) in [6, 6.07) is 19.0. The number of halogens is 1. The number of fused-ring (bicyclic) bond motifs is 2. The fraction of sp³-hybridized carbons (Fsp3) is 0.333. The van der Waals surface area contributed by atoms with Crippen LogP contribution in [0.3, 0.4) is 0 Å². The molecule has 4 aromatic rings. The van der Waals surface area contributed by atoms with Gasteiger partial charge in [0.25, 0.3) is 14.2 Å².